The van der Waals surface area contributed by atoms with E-state index in [2.05, 4.69) is 0 Å². The molecule has 0 unspecified atom stereocenters. The zero-order valence-corrected chi connectivity index (χ0v) is 12.4. The molecule has 1 aromatic rings. The Morgan fingerprint density at radius 2 is 1.95 bits per heavy atom. The van der Waals surface area contributed by atoms with Crippen LogP contribution >= 0.6 is 0 Å². The molecule has 6 heteroatoms. The zero-order chi connectivity index (χ0) is 14.9. The third kappa shape index (κ3) is 3.02. The Labute approximate surface area is 119 Å². The number of fused-ring (bicyclic) bond motifs is 1. The molecule has 0 fully saturated rings. The van der Waals surface area contributed by atoms with Gasteiger partial charge in [0.25, 0.3) is 0 Å². The maximum atomic E-state index is 12.4. The summed E-state index contributed by atoms with van der Waals surface area (Å²) in [5.41, 5.74) is 1.80. The summed E-state index contributed by atoms with van der Waals surface area (Å²) in [4.78, 5) is 11.4. The molecule has 0 aliphatic carbocycles. The maximum absolute atomic E-state index is 12.4. The minimum atomic E-state index is -3.57. The summed E-state index contributed by atoms with van der Waals surface area (Å²) in [6, 6.07) is 6.39. The van der Waals surface area contributed by atoms with E-state index in [1.54, 1.807) is 0 Å². The van der Waals surface area contributed by atoms with Gasteiger partial charge in [0.05, 0.1) is 5.75 Å². The van der Waals surface area contributed by atoms with E-state index in [1.807, 2.05) is 38.1 Å². The molecule has 0 radical (unpaired) electrons. The Morgan fingerprint density at radius 1 is 1.35 bits per heavy atom. The number of aliphatic carboxylic acids is 1. The molecule has 0 aromatic heterocycles. The number of carboxylic acid groups (broad SMARTS) is 1. The molecule has 0 saturated heterocycles. The number of benzene rings is 1. The van der Waals surface area contributed by atoms with Gasteiger partial charge < -0.3 is 5.11 Å². The van der Waals surface area contributed by atoms with Crippen LogP contribution < -0.4 is 0 Å². The number of sulfonamides is 1. The lowest BCUT2D eigenvalue weighted by atomic mass is 9.96. The number of nitrogens with zero attached hydrogens (tertiary/aromatic N) is 1. The average Bonchev–Trinajstić information content (AvgIpc) is 2.35. The van der Waals surface area contributed by atoms with Gasteiger partial charge in [-0.1, -0.05) is 38.1 Å². The quantitative estimate of drug-likeness (QED) is 0.913. The second-order valence-corrected chi connectivity index (χ2v) is 7.51. The minimum Gasteiger partial charge on any atom is -0.480 e. The van der Waals surface area contributed by atoms with Crippen LogP contribution in [0.1, 0.15) is 25.0 Å². The third-order valence-electron chi connectivity index (χ3n) is 3.39. The van der Waals surface area contributed by atoms with Gasteiger partial charge in [-0.2, -0.15) is 4.31 Å². The fourth-order valence-electron chi connectivity index (χ4n) is 2.52. The molecule has 110 valence electrons. The van der Waals surface area contributed by atoms with Crippen LogP contribution in [0, 0.1) is 5.92 Å². The Bertz CT molecular complexity index is 609. The Balaban J connectivity index is 2.39. The van der Waals surface area contributed by atoms with Crippen molar-refractivity contribution in [1.82, 2.24) is 4.31 Å². The first-order valence-electron chi connectivity index (χ1n) is 6.60. The van der Waals surface area contributed by atoms with Crippen molar-refractivity contribution < 1.29 is 18.3 Å². The molecule has 1 aliphatic rings. The van der Waals surface area contributed by atoms with Gasteiger partial charge >= 0.3 is 5.97 Å². The number of hydrogen-bond donors (Lipinski definition) is 1. The minimum absolute atomic E-state index is 0.0288. The standard InChI is InChI=1S/C14H19NO4S/c1-10(2)9-20(18,19)15-8-12-6-4-3-5-11(12)7-13(15)14(16)17/h3-6,10,13H,7-9H2,1-2H3,(H,16,17)/t13-/m0/s1. The molecule has 0 spiro atoms. The smallest absolute Gasteiger partial charge is 0.322 e. The van der Waals surface area contributed by atoms with Crippen LogP contribution in [0.5, 0.6) is 0 Å². The summed E-state index contributed by atoms with van der Waals surface area (Å²) in [7, 11) is -3.57. The highest BCUT2D eigenvalue weighted by Gasteiger charge is 2.38. The summed E-state index contributed by atoms with van der Waals surface area (Å²) in [5, 5.41) is 9.33. The fourth-order valence-corrected chi connectivity index (χ4v) is 4.44. The number of carboxylic acids is 1. The van der Waals surface area contributed by atoms with E-state index in [0.29, 0.717) is 0 Å². The van der Waals surface area contributed by atoms with Crippen LogP contribution in [0.2, 0.25) is 0 Å². The van der Waals surface area contributed by atoms with E-state index < -0.39 is 22.0 Å². The van der Waals surface area contributed by atoms with Crippen molar-refractivity contribution in [2.24, 2.45) is 5.92 Å². The molecule has 5 nitrogen and oxygen atoms in total. The summed E-state index contributed by atoms with van der Waals surface area (Å²) in [5.74, 6) is -1.16. The summed E-state index contributed by atoms with van der Waals surface area (Å²) in [6.07, 6.45) is 0.225. The highest BCUT2D eigenvalue weighted by molar-refractivity contribution is 7.89. The summed E-state index contributed by atoms with van der Waals surface area (Å²) < 4.78 is 25.9. The number of rotatable bonds is 4. The Morgan fingerprint density at radius 3 is 2.50 bits per heavy atom. The largest absolute Gasteiger partial charge is 0.480 e. The molecule has 1 atom stereocenters. The van der Waals surface area contributed by atoms with Crippen molar-refractivity contribution in [2.45, 2.75) is 32.9 Å². The van der Waals surface area contributed by atoms with Crippen molar-refractivity contribution in [2.75, 3.05) is 5.75 Å². The monoisotopic (exact) mass is 297 g/mol. The van der Waals surface area contributed by atoms with Gasteiger partial charge in [0.2, 0.25) is 10.0 Å². The topological polar surface area (TPSA) is 74.7 Å². The zero-order valence-electron chi connectivity index (χ0n) is 11.6. The Hall–Kier alpha value is -1.40. The Kier molecular flexibility index (Phi) is 4.15. The van der Waals surface area contributed by atoms with Crippen LogP contribution in [0.15, 0.2) is 24.3 Å². The second-order valence-electron chi connectivity index (χ2n) is 5.54. The van der Waals surface area contributed by atoms with E-state index in [4.69, 9.17) is 0 Å². The van der Waals surface area contributed by atoms with Crippen LogP contribution in [0.4, 0.5) is 0 Å². The van der Waals surface area contributed by atoms with Gasteiger partial charge in [-0.3, -0.25) is 4.79 Å². The van der Waals surface area contributed by atoms with Crippen LogP contribution in [-0.4, -0.2) is 35.6 Å². The fraction of sp³-hybridized carbons (Fsp3) is 0.500. The lowest BCUT2D eigenvalue weighted by Crippen LogP contribution is -2.49. The highest BCUT2D eigenvalue weighted by Crippen LogP contribution is 2.26. The summed E-state index contributed by atoms with van der Waals surface area (Å²) in [6.45, 7) is 3.76. The average molecular weight is 297 g/mol. The first-order chi connectivity index (χ1) is 9.31. The lowest BCUT2D eigenvalue weighted by Gasteiger charge is -2.33. The van der Waals surface area contributed by atoms with Crippen LogP contribution in [0.25, 0.3) is 0 Å². The van der Waals surface area contributed by atoms with E-state index >= 15 is 0 Å². The van der Waals surface area contributed by atoms with Crippen molar-refractivity contribution in [3.8, 4) is 0 Å². The molecule has 20 heavy (non-hydrogen) atoms. The SMILES string of the molecule is CC(C)CS(=O)(=O)N1Cc2ccccc2C[C@H]1C(=O)O. The predicted molar refractivity (Wildman–Crippen MR) is 75.7 cm³/mol. The van der Waals surface area contributed by atoms with E-state index in [9.17, 15) is 18.3 Å². The van der Waals surface area contributed by atoms with E-state index in [1.165, 1.54) is 0 Å². The van der Waals surface area contributed by atoms with Gasteiger partial charge in [0, 0.05) is 13.0 Å². The van der Waals surface area contributed by atoms with E-state index in [0.717, 1.165) is 15.4 Å². The lowest BCUT2D eigenvalue weighted by molar-refractivity contribution is -0.141. The van der Waals surface area contributed by atoms with Gasteiger partial charge in [0.1, 0.15) is 6.04 Å². The molecular weight excluding hydrogens is 278 g/mol. The molecule has 0 bridgehead atoms. The molecular formula is C14H19NO4S. The molecule has 0 saturated carbocycles. The molecule has 1 heterocycles. The van der Waals surface area contributed by atoms with Crippen molar-refractivity contribution in [3.63, 3.8) is 0 Å². The van der Waals surface area contributed by atoms with Crippen LogP contribution in [-0.2, 0) is 27.8 Å². The van der Waals surface area contributed by atoms with Gasteiger partial charge in [-0.05, 0) is 17.0 Å². The molecule has 0 amide bonds. The third-order valence-corrected chi connectivity index (χ3v) is 5.58. The molecule has 1 aliphatic heterocycles. The van der Waals surface area contributed by atoms with Crippen LogP contribution in [0.3, 0.4) is 0 Å². The first kappa shape index (κ1) is 15.0. The van der Waals surface area contributed by atoms with Gasteiger partial charge in [0.15, 0.2) is 0 Å². The number of hydrogen-bond acceptors (Lipinski definition) is 3. The van der Waals surface area contributed by atoms with Gasteiger partial charge in [-0.25, -0.2) is 8.42 Å². The molecule has 1 aromatic carbocycles. The van der Waals surface area contributed by atoms with Gasteiger partial charge in [-0.15, -0.1) is 0 Å². The maximum Gasteiger partial charge on any atom is 0.322 e. The molecule has 2 rings (SSSR count). The summed E-state index contributed by atoms with van der Waals surface area (Å²) >= 11 is 0. The van der Waals surface area contributed by atoms with E-state index in [-0.39, 0.29) is 24.6 Å². The van der Waals surface area contributed by atoms with Crippen molar-refractivity contribution in [1.29, 1.82) is 0 Å². The second kappa shape index (κ2) is 5.54. The van der Waals surface area contributed by atoms with Crippen molar-refractivity contribution >= 4 is 16.0 Å². The normalized spacial score (nSPS) is 19.9. The number of carbonyl (C=O) groups is 1. The van der Waals surface area contributed by atoms with Crippen molar-refractivity contribution in [3.05, 3.63) is 35.4 Å². The molecule has 1 N–H and O–H groups in total. The predicted octanol–water partition coefficient (Wildman–Crippen LogP) is 1.48. The first-order valence-corrected chi connectivity index (χ1v) is 8.21. The highest BCUT2D eigenvalue weighted by atomic mass is 32.2.